The molecule has 2 saturated carbocycles. The minimum absolute atomic E-state index is 0.0788. The summed E-state index contributed by atoms with van der Waals surface area (Å²) in [7, 11) is 1.62. The van der Waals surface area contributed by atoms with Crippen LogP contribution in [-0.4, -0.2) is 39.6 Å². The van der Waals surface area contributed by atoms with Crippen LogP contribution in [0.1, 0.15) is 32.6 Å². The van der Waals surface area contributed by atoms with Gasteiger partial charge in [-0.15, -0.1) is 10.2 Å². The summed E-state index contributed by atoms with van der Waals surface area (Å²) in [5.74, 6) is 3.31. The van der Waals surface area contributed by atoms with E-state index in [1.807, 2.05) is 23.6 Å². The summed E-state index contributed by atoms with van der Waals surface area (Å²) in [6.07, 6.45) is 5.02. The van der Waals surface area contributed by atoms with Crippen molar-refractivity contribution in [1.82, 2.24) is 20.1 Å². The number of hydrogen-bond acceptors (Lipinski definition) is 5. The number of aromatic nitrogens is 3. The molecule has 1 amide bonds. The summed E-state index contributed by atoms with van der Waals surface area (Å²) in [6.45, 7) is 2.72. The maximum Gasteiger partial charge on any atom is 0.230 e. The topological polar surface area (TPSA) is 69.0 Å². The summed E-state index contributed by atoms with van der Waals surface area (Å²) < 4.78 is 7.44. The number of carbonyl (C=O) groups is 1. The highest BCUT2D eigenvalue weighted by Crippen LogP contribution is 2.44. The highest BCUT2D eigenvalue weighted by molar-refractivity contribution is 7.99. The summed E-state index contributed by atoms with van der Waals surface area (Å²) >= 11 is 7.59. The fraction of sp³-hybridized carbons (Fsp3) is 0.550. The van der Waals surface area contributed by atoms with Crippen LogP contribution < -0.4 is 10.1 Å². The maximum absolute atomic E-state index is 12.4. The zero-order valence-corrected chi connectivity index (χ0v) is 17.7. The minimum atomic E-state index is 0.0788. The van der Waals surface area contributed by atoms with Crippen molar-refractivity contribution < 1.29 is 9.53 Å². The number of rotatable bonds is 7. The molecular weight excluding hydrogens is 396 g/mol. The van der Waals surface area contributed by atoms with Crippen LogP contribution in [0.2, 0.25) is 5.02 Å². The Morgan fingerprint density at radius 1 is 1.36 bits per heavy atom. The highest BCUT2D eigenvalue weighted by Gasteiger charge is 2.40. The third-order valence-corrected chi connectivity index (χ3v) is 7.05. The van der Waals surface area contributed by atoms with Gasteiger partial charge in [0.1, 0.15) is 5.75 Å². The van der Waals surface area contributed by atoms with Gasteiger partial charge in [-0.25, -0.2) is 0 Å². The van der Waals surface area contributed by atoms with Crippen molar-refractivity contribution in [3.8, 4) is 17.1 Å². The van der Waals surface area contributed by atoms with E-state index in [1.54, 1.807) is 13.2 Å². The molecule has 1 aromatic carbocycles. The van der Waals surface area contributed by atoms with Crippen LogP contribution in [0.4, 0.5) is 0 Å². The van der Waals surface area contributed by atoms with Crippen LogP contribution in [-0.2, 0) is 11.3 Å². The van der Waals surface area contributed by atoms with Gasteiger partial charge in [-0.05, 0) is 56.2 Å². The van der Waals surface area contributed by atoms with Crippen molar-refractivity contribution in [2.45, 2.75) is 50.4 Å². The zero-order chi connectivity index (χ0) is 19.7. The average molecular weight is 421 g/mol. The fourth-order valence-corrected chi connectivity index (χ4v) is 5.52. The molecule has 0 spiro atoms. The first kappa shape index (κ1) is 19.6. The van der Waals surface area contributed by atoms with E-state index in [2.05, 4.69) is 15.5 Å². The molecular formula is C20H25ClN4O2S. The first-order chi connectivity index (χ1) is 13.6. The molecule has 8 heteroatoms. The molecule has 2 aliphatic carbocycles. The Balaban J connectivity index is 1.44. The normalized spacial score (nSPS) is 23.2. The van der Waals surface area contributed by atoms with Crippen molar-refractivity contribution in [3.05, 3.63) is 23.2 Å². The standard InChI is InChI=1S/C20H25ClN4O2S/c1-3-25-19(15-10-14(21)6-7-17(15)27-2)23-24-20(25)28-11-18(26)22-16-9-12-4-5-13(16)8-12/h6-7,10,12-13,16H,3-5,8-9,11H2,1-2H3,(H,22,26)/t12-,13-,16+/m1/s1. The largest absolute Gasteiger partial charge is 0.496 e. The van der Waals surface area contributed by atoms with Crippen LogP contribution >= 0.6 is 23.4 Å². The molecule has 2 aliphatic rings. The summed E-state index contributed by atoms with van der Waals surface area (Å²) in [4.78, 5) is 12.4. The fourth-order valence-electron chi connectivity index (χ4n) is 4.53. The Hall–Kier alpha value is -1.73. The van der Waals surface area contributed by atoms with E-state index in [-0.39, 0.29) is 5.91 Å². The molecule has 2 bridgehead atoms. The number of methoxy groups -OCH3 is 1. The van der Waals surface area contributed by atoms with Gasteiger partial charge in [0.15, 0.2) is 11.0 Å². The molecule has 4 rings (SSSR count). The first-order valence-corrected chi connectivity index (χ1v) is 11.1. The molecule has 2 fully saturated rings. The molecule has 0 saturated heterocycles. The maximum atomic E-state index is 12.4. The van der Waals surface area contributed by atoms with Gasteiger partial charge < -0.3 is 14.6 Å². The van der Waals surface area contributed by atoms with Crippen molar-refractivity contribution >= 4 is 29.3 Å². The number of fused-ring (bicyclic) bond motifs is 2. The van der Waals surface area contributed by atoms with Gasteiger partial charge in [-0.2, -0.15) is 0 Å². The van der Waals surface area contributed by atoms with E-state index in [1.165, 1.54) is 31.0 Å². The lowest BCUT2D eigenvalue weighted by molar-refractivity contribution is -0.119. The number of ether oxygens (including phenoxy) is 1. The van der Waals surface area contributed by atoms with Gasteiger partial charge in [0, 0.05) is 17.6 Å². The van der Waals surface area contributed by atoms with E-state index < -0.39 is 0 Å². The smallest absolute Gasteiger partial charge is 0.230 e. The quantitative estimate of drug-likeness (QED) is 0.685. The number of nitrogens with one attached hydrogen (secondary N) is 1. The summed E-state index contributed by atoms with van der Waals surface area (Å²) in [6, 6.07) is 5.79. The molecule has 1 N–H and O–H groups in total. The Morgan fingerprint density at radius 3 is 2.89 bits per heavy atom. The summed E-state index contributed by atoms with van der Waals surface area (Å²) in [5, 5.41) is 13.2. The molecule has 3 atom stereocenters. The Kier molecular flexibility index (Phi) is 5.83. The predicted octanol–water partition coefficient (Wildman–Crippen LogP) is 4.02. The van der Waals surface area contributed by atoms with Gasteiger partial charge in [0.25, 0.3) is 0 Å². The number of amides is 1. The van der Waals surface area contributed by atoms with E-state index in [0.29, 0.717) is 40.9 Å². The van der Waals surface area contributed by atoms with E-state index in [9.17, 15) is 4.79 Å². The van der Waals surface area contributed by atoms with Crippen molar-refractivity contribution in [2.75, 3.05) is 12.9 Å². The van der Waals surface area contributed by atoms with Crippen molar-refractivity contribution in [2.24, 2.45) is 11.8 Å². The molecule has 0 unspecified atom stereocenters. The number of benzene rings is 1. The Bertz CT molecular complexity index is 872. The molecule has 1 aromatic heterocycles. The van der Waals surface area contributed by atoms with Gasteiger partial charge in [0.2, 0.25) is 5.91 Å². The van der Waals surface area contributed by atoms with E-state index in [0.717, 1.165) is 23.1 Å². The Labute approximate surface area is 174 Å². The zero-order valence-electron chi connectivity index (χ0n) is 16.2. The number of halogens is 1. The van der Waals surface area contributed by atoms with Gasteiger partial charge in [-0.3, -0.25) is 4.79 Å². The lowest BCUT2D eigenvalue weighted by atomic mass is 9.95. The number of nitrogens with zero attached hydrogens (tertiary/aromatic N) is 3. The third kappa shape index (κ3) is 3.87. The molecule has 28 heavy (non-hydrogen) atoms. The Morgan fingerprint density at radius 2 is 2.21 bits per heavy atom. The average Bonchev–Trinajstić information content (AvgIpc) is 3.41. The van der Waals surface area contributed by atoms with Gasteiger partial charge in [0.05, 0.1) is 18.4 Å². The molecule has 6 nitrogen and oxygen atoms in total. The third-order valence-electron chi connectivity index (χ3n) is 5.85. The monoisotopic (exact) mass is 420 g/mol. The molecule has 2 aromatic rings. The van der Waals surface area contributed by atoms with Crippen LogP contribution in [0.15, 0.2) is 23.4 Å². The molecule has 0 aliphatic heterocycles. The number of carbonyl (C=O) groups excluding carboxylic acids is 1. The van der Waals surface area contributed by atoms with Crippen molar-refractivity contribution in [1.29, 1.82) is 0 Å². The highest BCUT2D eigenvalue weighted by atomic mass is 35.5. The summed E-state index contributed by atoms with van der Waals surface area (Å²) in [5.41, 5.74) is 0.794. The lowest BCUT2D eigenvalue weighted by Gasteiger charge is -2.22. The second-order valence-electron chi connectivity index (χ2n) is 7.53. The second-order valence-corrected chi connectivity index (χ2v) is 8.91. The minimum Gasteiger partial charge on any atom is -0.496 e. The number of hydrogen-bond donors (Lipinski definition) is 1. The van der Waals surface area contributed by atoms with Crippen LogP contribution in [0.3, 0.4) is 0 Å². The predicted molar refractivity (Wildman–Crippen MR) is 111 cm³/mol. The number of thioether (sulfide) groups is 1. The molecule has 1 heterocycles. The van der Waals surface area contributed by atoms with Crippen LogP contribution in [0.5, 0.6) is 5.75 Å². The van der Waals surface area contributed by atoms with Gasteiger partial charge >= 0.3 is 0 Å². The van der Waals surface area contributed by atoms with Crippen LogP contribution in [0, 0.1) is 11.8 Å². The first-order valence-electron chi connectivity index (χ1n) is 9.78. The van der Waals surface area contributed by atoms with E-state index in [4.69, 9.17) is 16.3 Å². The molecule has 150 valence electrons. The van der Waals surface area contributed by atoms with E-state index >= 15 is 0 Å². The molecule has 0 radical (unpaired) electrons. The van der Waals surface area contributed by atoms with Crippen LogP contribution in [0.25, 0.3) is 11.4 Å². The lowest BCUT2D eigenvalue weighted by Crippen LogP contribution is -2.39. The SMILES string of the molecule is CCn1c(SCC(=O)N[C@H]2C[C@@H]3CC[C@@H]2C3)nnc1-c1cc(Cl)ccc1OC. The van der Waals surface area contributed by atoms with Gasteiger partial charge in [-0.1, -0.05) is 29.8 Å². The van der Waals surface area contributed by atoms with Crippen molar-refractivity contribution in [3.63, 3.8) is 0 Å². The second kappa shape index (κ2) is 8.33.